The van der Waals surface area contributed by atoms with E-state index in [1.165, 1.54) is 6.07 Å². The largest absolute Gasteiger partial charge is 0.378 e. The van der Waals surface area contributed by atoms with Crippen LogP contribution in [0.4, 0.5) is 16.2 Å². The number of morpholine rings is 1. The molecule has 2 heterocycles. The number of piperazine rings is 1. The van der Waals surface area contributed by atoms with Gasteiger partial charge in [0.15, 0.2) is 0 Å². The maximum absolute atomic E-state index is 13.5. The van der Waals surface area contributed by atoms with Crippen LogP contribution in [0.1, 0.15) is 17.2 Å². The summed E-state index contributed by atoms with van der Waals surface area (Å²) in [5.74, 6) is -0.342. The molecule has 1 atom stereocenters. The van der Waals surface area contributed by atoms with E-state index >= 15 is 0 Å². The molecule has 3 amide bonds. The molecule has 2 fully saturated rings. The minimum absolute atomic E-state index is 0.000979. The van der Waals surface area contributed by atoms with E-state index in [1.807, 2.05) is 40.1 Å². The molecule has 1 N–H and O–H groups in total. The fourth-order valence-corrected chi connectivity index (χ4v) is 4.39. The average Bonchev–Trinajstić information content (AvgIpc) is 2.86. The molecule has 180 valence electrons. The average molecular weight is 468 g/mol. The first-order valence-corrected chi connectivity index (χ1v) is 11.4. The fraction of sp³-hybridized carbons (Fsp3) is 0.417. The highest BCUT2D eigenvalue weighted by molar-refractivity contribution is 5.97. The molecule has 0 spiro atoms. The van der Waals surface area contributed by atoms with E-state index in [-0.39, 0.29) is 23.3 Å². The molecule has 0 saturated carbocycles. The first-order chi connectivity index (χ1) is 16.4. The van der Waals surface area contributed by atoms with Crippen LogP contribution in [0, 0.1) is 17.0 Å². The number of ether oxygens (including phenoxy) is 1. The van der Waals surface area contributed by atoms with Crippen LogP contribution in [-0.4, -0.2) is 84.0 Å². The summed E-state index contributed by atoms with van der Waals surface area (Å²) in [4.78, 5) is 43.0. The van der Waals surface area contributed by atoms with Gasteiger partial charge >= 0.3 is 6.03 Å². The highest BCUT2D eigenvalue weighted by Crippen LogP contribution is 2.29. The number of nitrogens with zero attached hydrogens (tertiary/aromatic N) is 4. The molecular weight excluding hydrogens is 438 g/mol. The van der Waals surface area contributed by atoms with Crippen LogP contribution in [0.2, 0.25) is 0 Å². The minimum Gasteiger partial charge on any atom is -0.378 e. The van der Waals surface area contributed by atoms with Crippen LogP contribution in [-0.2, 0) is 9.53 Å². The molecule has 1 unspecified atom stereocenters. The summed E-state index contributed by atoms with van der Waals surface area (Å²) in [6, 6.07) is 13.5. The Kier molecular flexibility index (Phi) is 7.39. The number of carbonyl (C=O) groups excluding carboxylic acids is 2. The Labute approximate surface area is 198 Å². The molecule has 0 aliphatic carbocycles. The summed E-state index contributed by atoms with van der Waals surface area (Å²) < 4.78 is 5.33. The highest BCUT2D eigenvalue weighted by atomic mass is 16.6. The number of hydrogen-bond donors (Lipinski definition) is 1. The Morgan fingerprint density at radius 3 is 2.26 bits per heavy atom. The zero-order valence-electron chi connectivity index (χ0n) is 19.2. The normalized spacial score (nSPS) is 17.8. The second kappa shape index (κ2) is 10.6. The van der Waals surface area contributed by atoms with Crippen molar-refractivity contribution in [2.24, 2.45) is 0 Å². The van der Waals surface area contributed by atoms with Gasteiger partial charge in [0, 0.05) is 45.3 Å². The molecular formula is C24H29N5O5. The van der Waals surface area contributed by atoms with Crippen molar-refractivity contribution in [1.29, 1.82) is 0 Å². The standard InChI is InChI=1S/C24H29N5O5/c1-18-7-8-20(21(17-18)29(32)33)25-23(30)22(19-5-3-2-4-6-19)26-9-11-27(12-10-26)24(31)28-13-15-34-16-14-28/h2-8,17,22H,9-16H2,1H3,(H,25,30). The summed E-state index contributed by atoms with van der Waals surface area (Å²) in [5, 5.41) is 14.3. The summed E-state index contributed by atoms with van der Waals surface area (Å²) in [7, 11) is 0. The topological polar surface area (TPSA) is 108 Å². The first kappa shape index (κ1) is 23.7. The van der Waals surface area contributed by atoms with Crippen molar-refractivity contribution in [3.63, 3.8) is 0 Å². The molecule has 10 nitrogen and oxygen atoms in total. The maximum atomic E-state index is 13.5. The predicted octanol–water partition coefficient (Wildman–Crippen LogP) is 2.65. The second-order valence-corrected chi connectivity index (χ2v) is 8.49. The van der Waals surface area contributed by atoms with E-state index in [2.05, 4.69) is 5.32 Å². The third-order valence-electron chi connectivity index (χ3n) is 6.20. The molecule has 4 rings (SSSR count). The molecule has 2 aromatic carbocycles. The van der Waals surface area contributed by atoms with Gasteiger partial charge in [0.1, 0.15) is 11.7 Å². The quantitative estimate of drug-likeness (QED) is 0.535. The van der Waals surface area contributed by atoms with Crippen molar-refractivity contribution in [2.45, 2.75) is 13.0 Å². The van der Waals surface area contributed by atoms with Crippen molar-refractivity contribution in [1.82, 2.24) is 14.7 Å². The second-order valence-electron chi connectivity index (χ2n) is 8.49. The lowest BCUT2D eigenvalue weighted by Gasteiger charge is -2.41. The number of aryl methyl sites for hydroxylation is 1. The summed E-state index contributed by atoms with van der Waals surface area (Å²) in [6.07, 6.45) is 0. The number of urea groups is 1. The van der Waals surface area contributed by atoms with Crippen LogP contribution in [0.25, 0.3) is 0 Å². The number of nitrogens with one attached hydrogen (secondary N) is 1. The number of rotatable bonds is 5. The minimum atomic E-state index is -0.636. The predicted molar refractivity (Wildman–Crippen MR) is 127 cm³/mol. The molecule has 2 aliphatic heterocycles. The van der Waals surface area contributed by atoms with E-state index in [4.69, 9.17) is 4.74 Å². The SMILES string of the molecule is Cc1ccc(NC(=O)C(c2ccccc2)N2CCN(C(=O)N3CCOCC3)CC2)c([N+](=O)[O-])c1. The van der Waals surface area contributed by atoms with E-state index < -0.39 is 11.0 Å². The lowest BCUT2D eigenvalue weighted by Crippen LogP contribution is -2.56. The van der Waals surface area contributed by atoms with Gasteiger partial charge in [-0.3, -0.25) is 19.8 Å². The smallest absolute Gasteiger partial charge is 0.320 e. The number of nitro groups is 1. The van der Waals surface area contributed by atoms with Gasteiger partial charge in [-0.15, -0.1) is 0 Å². The number of nitro benzene ring substituents is 1. The first-order valence-electron chi connectivity index (χ1n) is 11.4. The van der Waals surface area contributed by atoms with Gasteiger partial charge in [-0.05, 0) is 24.1 Å². The van der Waals surface area contributed by atoms with Crippen molar-refractivity contribution in [3.8, 4) is 0 Å². The third kappa shape index (κ3) is 5.35. The van der Waals surface area contributed by atoms with Crippen molar-refractivity contribution < 1.29 is 19.2 Å². The van der Waals surface area contributed by atoms with Crippen molar-refractivity contribution >= 4 is 23.3 Å². The molecule has 2 aromatic rings. The Bertz CT molecular complexity index is 1030. The monoisotopic (exact) mass is 467 g/mol. The molecule has 0 aromatic heterocycles. The molecule has 2 aliphatic rings. The van der Waals surface area contributed by atoms with Crippen LogP contribution in [0.3, 0.4) is 0 Å². The van der Waals surface area contributed by atoms with E-state index in [9.17, 15) is 19.7 Å². The van der Waals surface area contributed by atoms with Gasteiger partial charge in [-0.25, -0.2) is 4.79 Å². The highest BCUT2D eigenvalue weighted by Gasteiger charge is 2.34. The molecule has 34 heavy (non-hydrogen) atoms. The molecule has 0 radical (unpaired) electrons. The van der Waals surface area contributed by atoms with Crippen molar-refractivity contribution in [2.75, 3.05) is 57.8 Å². The van der Waals surface area contributed by atoms with Gasteiger partial charge in [0.2, 0.25) is 5.91 Å². The lowest BCUT2D eigenvalue weighted by molar-refractivity contribution is -0.384. The van der Waals surface area contributed by atoms with Crippen LogP contribution < -0.4 is 5.32 Å². The van der Waals surface area contributed by atoms with Crippen LogP contribution in [0.15, 0.2) is 48.5 Å². The van der Waals surface area contributed by atoms with E-state index in [1.54, 1.807) is 24.0 Å². The van der Waals surface area contributed by atoms with Crippen molar-refractivity contribution in [3.05, 3.63) is 69.8 Å². The number of benzene rings is 2. The molecule has 10 heteroatoms. The van der Waals surface area contributed by atoms with E-state index in [0.29, 0.717) is 52.5 Å². The molecule has 2 saturated heterocycles. The zero-order chi connectivity index (χ0) is 24.1. The fourth-order valence-electron chi connectivity index (χ4n) is 4.39. The van der Waals surface area contributed by atoms with Gasteiger partial charge < -0.3 is 19.9 Å². The number of anilines is 1. The van der Waals surface area contributed by atoms with Gasteiger partial charge in [-0.1, -0.05) is 36.4 Å². The Morgan fingerprint density at radius 2 is 1.62 bits per heavy atom. The third-order valence-corrected chi connectivity index (χ3v) is 6.20. The summed E-state index contributed by atoms with van der Waals surface area (Å²) in [5.41, 5.74) is 1.57. The Morgan fingerprint density at radius 1 is 0.971 bits per heavy atom. The van der Waals surface area contributed by atoms with Gasteiger partial charge in [-0.2, -0.15) is 0 Å². The molecule has 0 bridgehead atoms. The lowest BCUT2D eigenvalue weighted by atomic mass is 10.0. The number of amides is 3. The van der Waals surface area contributed by atoms with Gasteiger partial charge in [0.25, 0.3) is 5.69 Å². The number of carbonyl (C=O) groups is 2. The number of hydrogen-bond acceptors (Lipinski definition) is 6. The van der Waals surface area contributed by atoms with Gasteiger partial charge in [0.05, 0.1) is 18.1 Å². The summed E-state index contributed by atoms with van der Waals surface area (Å²) >= 11 is 0. The zero-order valence-corrected chi connectivity index (χ0v) is 19.2. The van der Waals surface area contributed by atoms with E-state index in [0.717, 1.165) is 11.1 Å². The maximum Gasteiger partial charge on any atom is 0.320 e. The Hall–Kier alpha value is -3.50. The Balaban J connectivity index is 1.50. The van der Waals surface area contributed by atoms with Crippen LogP contribution in [0.5, 0.6) is 0 Å². The van der Waals surface area contributed by atoms with Crippen LogP contribution >= 0.6 is 0 Å². The summed E-state index contributed by atoms with van der Waals surface area (Å²) in [6.45, 7) is 6.06.